The number of benzene rings is 2. The molecule has 3 nitrogen and oxygen atoms in total. The molecule has 0 saturated carbocycles. The van der Waals surface area contributed by atoms with Crippen molar-refractivity contribution in [1.82, 2.24) is 4.90 Å². The molecule has 2 aromatic carbocycles. The summed E-state index contributed by atoms with van der Waals surface area (Å²) in [5.41, 5.74) is 0.739. The van der Waals surface area contributed by atoms with Gasteiger partial charge in [0.1, 0.15) is 5.75 Å². The zero-order chi connectivity index (χ0) is 16.2. The lowest BCUT2D eigenvalue weighted by Gasteiger charge is -2.29. The molecule has 0 unspecified atom stereocenters. The number of nitrogens with zero attached hydrogens (tertiary/aromatic N) is 1. The number of ether oxygens (including phenoxy) is 1. The number of hydrogen-bond acceptors (Lipinski definition) is 3. The van der Waals surface area contributed by atoms with E-state index in [0.717, 1.165) is 35.3 Å². The second kappa shape index (κ2) is 7.14. The molecule has 2 aromatic rings. The fourth-order valence-electron chi connectivity index (χ4n) is 3.32. The lowest BCUT2D eigenvalue weighted by atomic mass is 9.97. The van der Waals surface area contributed by atoms with Gasteiger partial charge in [-0.3, -0.25) is 9.69 Å². The summed E-state index contributed by atoms with van der Waals surface area (Å²) in [7, 11) is 0. The summed E-state index contributed by atoms with van der Waals surface area (Å²) >= 11 is 0. The fraction of sp³-hybridized carbons (Fsp3) is 0.450. The Hall–Kier alpha value is -1.87. The van der Waals surface area contributed by atoms with Gasteiger partial charge in [-0.15, -0.1) is 0 Å². The first-order valence-electron chi connectivity index (χ1n) is 8.59. The first-order valence-corrected chi connectivity index (χ1v) is 8.59. The zero-order valence-electron chi connectivity index (χ0n) is 14.0. The highest BCUT2D eigenvalue weighted by Gasteiger charge is 2.22. The van der Waals surface area contributed by atoms with Gasteiger partial charge >= 0.3 is 0 Å². The van der Waals surface area contributed by atoms with Crippen molar-refractivity contribution in [2.24, 2.45) is 5.92 Å². The smallest absolute Gasteiger partial charge is 0.181 e. The molecular weight excluding hydrogens is 286 g/mol. The number of ketones is 1. The largest absolute Gasteiger partial charge is 0.493 e. The van der Waals surface area contributed by atoms with Crippen molar-refractivity contribution in [3.63, 3.8) is 0 Å². The number of likely N-dealkylation sites (tertiary alicyclic amines) is 1. The molecule has 0 atom stereocenters. The van der Waals surface area contributed by atoms with Crippen LogP contribution in [0.1, 0.15) is 37.0 Å². The normalized spacial score (nSPS) is 16.6. The van der Waals surface area contributed by atoms with Crippen molar-refractivity contribution >= 4 is 16.6 Å². The summed E-state index contributed by atoms with van der Waals surface area (Å²) in [5, 5.41) is 2.08. The lowest BCUT2D eigenvalue weighted by Crippen LogP contribution is -2.36. The minimum absolute atomic E-state index is 0.166. The number of fused-ring (bicyclic) bond motifs is 1. The molecule has 1 fully saturated rings. The van der Waals surface area contributed by atoms with Gasteiger partial charge in [-0.05, 0) is 55.6 Å². The Bertz CT molecular complexity index is 687. The highest BCUT2D eigenvalue weighted by atomic mass is 16.5. The van der Waals surface area contributed by atoms with Crippen LogP contribution in [0.4, 0.5) is 0 Å². The standard InChI is InChI=1S/C20H25NO2/c1-3-23-19-9-8-16-6-4-5-7-17(16)20(19)18(22)14-21-12-10-15(2)11-13-21/h4-9,15H,3,10-14H2,1-2H3. The maximum atomic E-state index is 13.0. The van der Waals surface area contributed by atoms with E-state index < -0.39 is 0 Å². The van der Waals surface area contributed by atoms with Crippen LogP contribution in [-0.4, -0.2) is 36.9 Å². The lowest BCUT2D eigenvalue weighted by molar-refractivity contribution is 0.0898. The SMILES string of the molecule is CCOc1ccc2ccccc2c1C(=O)CN1CCC(C)CC1. The summed E-state index contributed by atoms with van der Waals surface area (Å²) in [4.78, 5) is 15.3. The van der Waals surface area contributed by atoms with Crippen LogP contribution in [0.3, 0.4) is 0 Å². The summed E-state index contributed by atoms with van der Waals surface area (Å²) in [5.74, 6) is 1.65. The van der Waals surface area contributed by atoms with E-state index in [0.29, 0.717) is 18.9 Å². The van der Waals surface area contributed by atoms with Crippen molar-refractivity contribution in [2.45, 2.75) is 26.7 Å². The Morgan fingerprint density at radius 3 is 2.65 bits per heavy atom. The molecule has 23 heavy (non-hydrogen) atoms. The first-order chi connectivity index (χ1) is 11.2. The van der Waals surface area contributed by atoms with Crippen LogP contribution in [0.15, 0.2) is 36.4 Å². The highest BCUT2D eigenvalue weighted by molar-refractivity contribution is 6.11. The molecule has 0 amide bonds. The molecular formula is C20H25NO2. The maximum Gasteiger partial charge on any atom is 0.181 e. The van der Waals surface area contributed by atoms with E-state index >= 15 is 0 Å². The van der Waals surface area contributed by atoms with Gasteiger partial charge in [-0.25, -0.2) is 0 Å². The number of piperidine rings is 1. The molecule has 0 spiro atoms. The predicted octanol–water partition coefficient (Wildman–Crippen LogP) is 4.15. The Kier molecular flexibility index (Phi) is 4.97. The third kappa shape index (κ3) is 3.56. The second-order valence-corrected chi connectivity index (χ2v) is 6.47. The molecule has 122 valence electrons. The van der Waals surface area contributed by atoms with E-state index in [1.54, 1.807) is 0 Å². The maximum absolute atomic E-state index is 13.0. The second-order valence-electron chi connectivity index (χ2n) is 6.47. The summed E-state index contributed by atoms with van der Waals surface area (Å²) < 4.78 is 5.73. The molecule has 1 saturated heterocycles. The van der Waals surface area contributed by atoms with Crippen LogP contribution >= 0.6 is 0 Å². The minimum Gasteiger partial charge on any atom is -0.493 e. The van der Waals surface area contributed by atoms with Crippen LogP contribution in [0.25, 0.3) is 10.8 Å². The molecule has 0 aliphatic carbocycles. The monoisotopic (exact) mass is 311 g/mol. The molecule has 0 N–H and O–H groups in total. The third-order valence-corrected chi connectivity index (χ3v) is 4.71. The molecule has 3 rings (SSSR count). The van der Waals surface area contributed by atoms with Gasteiger partial charge in [-0.2, -0.15) is 0 Å². The number of carbonyl (C=O) groups excluding carboxylic acids is 1. The molecule has 0 radical (unpaired) electrons. The van der Waals surface area contributed by atoms with Gasteiger partial charge in [0.05, 0.1) is 18.7 Å². The van der Waals surface area contributed by atoms with Gasteiger partial charge in [0.25, 0.3) is 0 Å². The summed E-state index contributed by atoms with van der Waals surface area (Å²) in [6.07, 6.45) is 2.36. The summed E-state index contributed by atoms with van der Waals surface area (Å²) in [6, 6.07) is 12.0. The first kappa shape index (κ1) is 16.0. The van der Waals surface area contributed by atoms with Crippen LogP contribution in [0.2, 0.25) is 0 Å². The van der Waals surface area contributed by atoms with Crippen molar-refractivity contribution in [3.05, 3.63) is 42.0 Å². The van der Waals surface area contributed by atoms with Gasteiger partial charge < -0.3 is 4.74 Å². The zero-order valence-corrected chi connectivity index (χ0v) is 14.0. The summed E-state index contributed by atoms with van der Waals surface area (Å²) in [6.45, 7) is 7.33. The van der Waals surface area contributed by atoms with Gasteiger partial charge in [-0.1, -0.05) is 37.3 Å². The number of Topliss-reactive ketones (excluding diaryl/α,β-unsaturated/α-hetero) is 1. The van der Waals surface area contributed by atoms with Gasteiger partial charge in [0, 0.05) is 0 Å². The molecule has 1 heterocycles. The average molecular weight is 311 g/mol. The number of rotatable bonds is 5. The predicted molar refractivity (Wildman–Crippen MR) is 94.3 cm³/mol. The topological polar surface area (TPSA) is 29.5 Å². The fourth-order valence-corrected chi connectivity index (χ4v) is 3.32. The molecule has 0 bridgehead atoms. The average Bonchev–Trinajstić information content (AvgIpc) is 2.57. The van der Waals surface area contributed by atoms with Gasteiger partial charge in [0.15, 0.2) is 5.78 Å². The van der Waals surface area contributed by atoms with E-state index in [4.69, 9.17) is 4.74 Å². The molecule has 1 aliphatic rings. The Morgan fingerprint density at radius 1 is 1.17 bits per heavy atom. The van der Waals surface area contributed by atoms with Crippen LogP contribution in [-0.2, 0) is 0 Å². The quantitative estimate of drug-likeness (QED) is 0.777. The van der Waals surface area contributed by atoms with Gasteiger partial charge in [0.2, 0.25) is 0 Å². The Morgan fingerprint density at radius 2 is 1.91 bits per heavy atom. The van der Waals surface area contributed by atoms with Crippen molar-refractivity contribution in [3.8, 4) is 5.75 Å². The van der Waals surface area contributed by atoms with E-state index in [-0.39, 0.29) is 5.78 Å². The highest BCUT2D eigenvalue weighted by Crippen LogP contribution is 2.29. The Labute approximate surface area is 138 Å². The van der Waals surface area contributed by atoms with Crippen LogP contribution < -0.4 is 4.74 Å². The number of carbonyl (C=O) groups is 1. The van der Waals surface area contributed by atoms with E-state index in [2.05, 4.69) is 11.8 Å². The Balaban J connectivity index is 1.90. The van der Waals surface area contributed by atoms with Crippen molar-refractivity contribution < 1.29 is 9.53 Å². The van der Waals surface area contributed by atoms with Crippen LogP contribution in [0, 0.1) is 5.92 Å². The van der Waals surface area contributed by atoms with Crippen molar-refractivity contribution in [1.29, 1.82) is 0 Å². The minimum atomic E-state index is 0.166. The van der Waals surface area contributed by atoms with E-state index in [9.17, 15) is 4.79 Å². The molecule has 0 aromatic heterocycles. The molecule has 1 aliphatic heterocycles. The number of hydrogen-bond donors (Lipinski definition) is 0. The van der Waals surface area contributed by atoms with E-state index in [1.807, 2.05) is 43.3 Å². The van der Waals surface area contributed by atoms with Crippen molar-refractivity contribution in [2.75, 3.05) is 26.2 Å². The van der Waals surface area contributed by atoms with Crippen LogP contribution in [0.5, 0.6) is 5.75 Å². The molecule has 3 heteroatoms. The van der Waals surface area contributed by atoms with E-state index in [1.165, 1.54) is 12.8 Å². The third-order valence-electron chi connectivity index (χ3n) is 4.71.